The molecule has 0 fully saturated rings. The molecule has 0 aliphatic rings. The van der Waals surface area contributed by atoms with Crippen LogP contribution in [0.25, 0.3) is 0 Å². The van der Waals surface area contributed by atoms with Crippen molar-refractivity contribution < 1.29 is 19.8 Å². The monoisotopic (exact) mass is 312 g/mol. The van der Waals surface area contributed by atoms with E-state index in [1.54, 1.807) is 0 Å². The maximum atomic E-state index is 10.7. The average Bonchev–Trinajstić information content (AvgIpc) is 2.47. The number of carboxylic acids is 2. The third-order valence-electron chi connectivity index (χ3n) is 3.52. The Morgan fingerprint density at radius 2 is 1.50 bits per heavy atom. The maximum Gasteiger partial charge on any atom is 0.331 e. The lowest BCUT2D eigenvalue weighted by Gasteiger charge is -2.14. The van der Waals surface area contributed by atoms with Crippen molar-refractivity contribution in [1.82, 2.24) is 0 Å². The zero-order valence-electron chi connectivity index (χ0n) is 14.4. The molecule has 0 amide bonds. The highest BCUT2D eigenvalue weighted by Gasteiger charge is 2.15. The Morgan fingerprint density at radius 1 is 0.909 bits per heavy atom. The van der Waals surface area contributed by atoms with Crippen LogP contribution in [-0.4, -0.2) is 22.2 Å². The van der Waals surface area contributed by atoms with Crippen molar-refractivity contribution in [3.05, 3.63) is 24.3 Å². The fourth-order valence-corrected chi connectivity index (χ4v) is 2.03. The van der Waals surface area contributed by atoms with E-state index in [2.05, 4.69) is 20.1 Å². The third-order valence-corrected chi connectivity index (χ3v) is 3.52. The van der Waals surface area contributed by atoms with Gasteiger partial charge in [-0.15, -0.1) is 0 Å². The second-order valence-electron chi connectivity index (χ2n) is 5.44. The van der Waals surface area contributed by atoms with E-state index in [9.17, 15) is 9.59 Å². The summed E-state index contributed by atoms with van der Waals surface area (Å²) < 4.78 is 0. The third kappa shape index (κ3) is 12.2. The molecule has 1 atom stereocenters. The summed E-state index contributed by atoms with van der Waals surface area (Å²) in [7, 11) is 0. The fraction of sp³-hybridized carbons (Fsp3) is 0.667. The van der Waals surface area contributed by atoms with Crippen molar-refractivity contribution >= 4 is 11.9 Å². The van der Waals surface area contributed by atoms with Crippen LogP contribution in [0, 0.1) is 5.92 Å². The van der Waals surface area contributed by atoms with Gasteiger partial charge < -0.3 is 10.2 Å². The van der Waals surface area contributed by atoms with Gasteiger partial charge in [-0.05, 0) is 25.2 Å². The largest absolute Gasteiger partial charge is 0.478 e. The fourth-order valence-electron chi connectivity index (χ4n) is 2.03. The van der Waals surface area contributed by atoms with Crippen molar-refractivity contribution in [3.8, 4) is 0 Å². The van der Waals surface area contributed by atoms with E-state index in [-0.39, 0.29) is 5.92 Å². The minimum atomic E-state index is -0.883. The van der Waals surface area contributed by atoms with Gasteiger partial charge in [0.25, 0.3) is 0 Å². The van der Waals surface area contributed by atoms with E-state index in [0.29, 0.717) is 17.6 Å². The summed E-state index contributed by atoms with van der Waals surface area (Å²) in [5.41, 5.74) is 0.677. The maximum absolute atomic E-state index is 10.7. The van der Waals surface area contributed by atoms with E-state index in [0.717, 1.165) is 25.7 Å². The van der Waals surface area contributed by atoms with Gasteiger partial charge in [0.15, 0.2) is 0 Å². The highest BCUT2D eigenvalue weighted by molar-refractivity contribution is 5.86. The van der Waals surface area contributed by atoms with Gasteiger partial charge in [-0.3, -0.25) is 0 Å². The van der Waals surface area contributed by atoms with Gasteiger partial charge in [0.05, 0.1) is 0 Å². The number of hydrogen-bond acceptors (Lipinski definition) is 2. The second kappa shape index (κ2) is 14.4. The van der Waals surface area contributed by atoms with Crippen LogP contribution in [0.15, 0.2) is 24.3 Å². The zero-order chi connectivity index (χ0) is 17.5. The number of hydrogen-bond donors (Lipinski definition) is 2. The van der Waals surface area contributed by atoms with Crippen LogP contribution in [0.4, 0.5) is 0 Å². The van der Waals surface area contributed by atoms with Crippen molar-refractivity contribution in [2.24, 2.45) is 5.92 Å². The number of rotatable bonds is 11. The Labute approximate surface area is 134 Å². The highest BCUT2D eigenvalue weighted by Crippen LogP contribution is 2.21. The molecule has 128 valence electrons. The zero-order valence-corrected chi connectivity index (χ0v) is 14.4. The van der Waals surface area contributed by atoms with Gasteiger partial charge in [-0.2, -0.15) is 0 Å². The summed E-state index contributed by atoms with van der Waals surface area (Å²) in [6, 6.07) is 0. The second-order valence-corrected chi connectivity index (χ2v) is 5.44. The number of aliphatic carboxylic acids is 2. The molecule has 1 unspecified atom stereocenters. The minimum absolute atomic E-state index is 0.171. The van der Waals surface area contributed by atoms with Crippen molar-refractivity contribution in [1.29, 1.82) is 0 Å². The topological polar surface area (TPSA) is 74.6 Å². The average molecular weight is 312 g/mol. The molecule has 0 aliphatic carbocycles. The van der Waals surface area contributed by atoms with Crippen molar-refractivity contribution in [2.75, 3.05) is 0 Å². The van der Waals surface area contributed by atoms with E-state index in [1.165, 1.54) is 19.3 Å². The Balaban J connectivity index is 0. The van der Waals surface area contributed by atoms with Gasteiger partial charge in [-0.25, -0.2) is 9.59 Å². The Bertz CT molecular complexity index is 358. The van der Waals surface area contributed by atoms with Crippen LogP contribution in [0.2, 0.25) is 0 Å². The van der Waals surface area contributed by atoms with Gasteiger partial charge in [0.1, 0.15) is 0 Å². The Morgan fingerprint density at radius 3 is 1.82 bits per heavy atom. The van der Waals surface area contributed by atoms with Crippen molar-refractivity contribution in [3.63, 3.8) is 0 Å². The van der Waals surface area contributed by atoms with E-state index in [4.69, 9.17) is 10.2 Å². The van der Waals surface area contributed by atoms with E-state index < -0.39 is 11.9 Å². The first-order valence-electron chi connectivity index (χ1n) is 8.14. The Hall–Kier alpha value is -1.58. The molecule has 0 radical (unpaired) electrons. The molecule has 0 bridgehead atoms. The molecule has 4 heteroatoms. The van der Waals surface area contributed by atoms with Crippen LogP contribution >= 0.6 is 0 Å². The van der Waals surface area contributed by atoms with Gasteiger partial charge in [0.2, 0.25) is 0 Å². The molecular weight excluding hydrogens is 280 g/mol. The molecule has 0 aromatic heterocycles. The molecule has 0 aliphatic heterocycles. The van der Waals surface area contributed by atoms with Crippen LogP contribution in [-0.2, 0) is 9.59 Å². The first-order chi connectivity index (χ1) is 10.3. The number of carbonyl (C=O) groups is 2. The standard InChI is InChI=1S/C12H22O2.C6H10O2/c1-4-6-7-8-9-11(5-2)10(3)12(13)14;1-3-4-5(2)6(7)8/h11H,3-9H2,1-2H3,(H,13,14);2-4H2,1H3,(H,7,8). The molecule has 0 aromatic rings. The predicted molar refractivity (Wildman–Crippen MR) is 91.0 cm³/mol. The molecule has 4 nitrogen and oxygen atoms in total. The van der Waals surface area contributed by atoms with Crippen molar-refractivity contribution in [2.45, 2.75) is 72.1 Å². The summed E-state index contributed by atoms with van der Waals surface area (Å²) in [5, 5.41) is 17.0. The lowest BCUT2D eigenvalue weighted by Crippen LogP contribution is -2.10. The normalized spacial score (nSPS) is 11.0. The van der Waals surface area contributed by atoms with Crippen LogP contribution in [0.1, 0.15) is 72.1 Å². The van der Waals surface area contributed by atoms with Gasteiger partial charge in [-0.1, -0.05) is 66.0 Å². The number of unbranched alkanes of at least 4 members (excludes halogenated alkanes) is 3. The molecule has 2 N–H and O–H groups in total. The summed E-state index contributed by atoms with van der Waals surface area (Å²) in [5.74, 6) is -1.55. The summed E-state index contributed by atoms with van der Waals surface area (Å²) in [6.07, 6.45) is 8.10. The summed E-state index contributed by atoms with van der Waals surface area (Å²) >= 11 is 0. The lowest BCUT2D eigenvalue weighted by molar-refractivity contribution is -0.134. The van der Waals surface area contributed by atoms with E-state index >= 15 is 0 Å². The quantitative estimate of drug-likeness (QED) is 0.413. The first-order valence-corrected chi connectivity index (χ1v) is 8.14. The molecule has 0 aromatic carbocycles. The first kappa shape index (κ1) is 22.7. The van der Waals surface area contributed by atoms with Gasteiger partial charge in [0, 0.05) is 11.1 Å². The molecule has 0 saturated carbocycles. The molecule has 0 spiro atoms. The lowest BCUT2D eigenvalue weighted by atomic mass is 9.91. The molecular formula is C18H32O4. The minimum Gasteiger partial charge on any atom is -0.478 e. The SMILES string of the molecule is C=C(C(=O)O)C(CC)CCCCCC.C=C(CCC)C(=O)O. The van der Waals surface area contributed by atoms with Crippen LogP contribution < -0.4 is 0 Å². The van der Waals surface area contributed by atoms with E-state index in [1.807, 2.05) is 13.8 Å². The summed E-state index contributed by atoms with van der Waals surface area (Å²) in [6.45, 7) is 13.1. The van der Waals surface area contributed by atoms with Crippen LogP contribution in [0.3, 0.4) is 0 Å². The molecule has 0 rings (SSSR count). The molecule has 22 heavy (non-hydrogen) atoms. The molecule has 0 saturated heterocycles. The van der Waals surface area contributed by atoms with Crippen LogP contribution in [0.5, 0.6) is 0 Å². The van der Waals surface area contributed by atoms with Gasteiger partial charge >= 0.3 is 11.9 Å². The smallest absolute Gasteiger partial charge is 0.331 e. The number of carboxylic acid groups (broad SMARTS) is 2. The predicted octanol–water partition coefficient (Wildman–Crippen LogP) is 5.05. The Kier molecular flexibility index (Phi) is 14.8. The summed E-state index contributed by atoms with van der Waals surface area (Å²) in [4.78, 5) is 20.7. The molecule has 0 heterocycles. The highest BCUT2D eigenvalue weighted by atomic mass is 16.4.